The zero-order chi connectivity index (χ0) is 8.81. The molecule has 0 aromatic rings. The van der Waals surface area contributed by atoms with Crippen molar-refractivity contribution >= 4 is 6.03 Å². The lowest BCUT2D eigenvalue weighted by Gasteiger charge is -2.12. The van der Waals surface area contributed by atoms with Gasteiger partial charge in [-0.1, -0.05) is 0 Å². The first-order chi connectivity index (χ1) is 5.84. The van der Waals surface area contributed by atoms with Crippen molar-refractivity contribution in [1.82, 2.24) is 15.5 Å². The monoisotopic (exact) mass is 171 g/mol. The van der Waals surface area contributed by atoms with Crippen LogP contribution in [-0.2, 0) is 0 Å². The van der Waals surface area contributed by atoms with Gasteiger partial charge >= 0.3 is 6.03 Å². The van der Waals surface area contributed by atoms with Crippen LogP contribution in [0.1, 0.15) is 12.8 Å². The molecule has 0 aliphatic carbocycles. The van der Waals surface area contributed by atoms with Gasteiger partial charge in [0.05, 0.1) is 0 Å². The van der Waals surface area contributed by atoms with Crippen molar-refractivity contribution in [3.63, 3.8) is 0 Å². The molecular formula is C8H17N3O. The molecule has 0 bridgehead atoms. The molecule has 0 saturated carbocycles. The number of nitrogens with zero attached hydrogens (tertiary/aromatic N) is 1. The largest absolute Gasteiger partial charge is 0.336 e. The Morgan fingerprint density at radius 2 is 2.42 bits per heavy atom. The van der Waals surface area contributed by atoms with Crippen LogP contribution >= 0.6 is 0 Å². The van der Waals surface area contributed by atoms with Crippen molar-refractivity contribution in [2.75, 3.05) is 33.2 Å². The minimum absolute atomic E-state index is 0.0967. The molecule has 2 amide bonds. The Morgan fingerprint density at radius 1 is 1.58 bits per heavy atom. The van der Waals surface area contributed by atoms with Crippen LogP contribution < -0.4 is 10.6 Å². The molecule has 1 fully saturated rings. The first kappa shape index (κ1) is 9.32. The number of unbranched alkanes of at least 4 members (excludes halogenated alkanes) is 1. The number of hydrogen-bond acceptors (Lipinski definition) is 2. The molecule has 1 aliphatic heterocycles. The molecule has 4 nitrogen and oxygen atoms in total. The van der Waals surface area contributed by atoms with Gasteiger partial charge in [0.1, 0.15) is 0 Å². The summed E-state index contributed by atoms with van der Waals surface area (Å²) in [7, 11) is 1.95. The molecule has 4 heteroatoms. The van der Waals surface area contributed by atoms with Crippen LogP contribution in [0.15, 0.2) is 0 Å². The van der Waals surface area contributed by atoms with E-state index in [4.69, 9.17) is 0 Å². The van der Waals surface area contributed by atoms with Crippen LogP contribution in [-0.4, -0.2) is 44.2 Å². The fourth-order valence-corrected chi connectivity index (χ4v) is 1.33. The van der Waals surface area contributed by atoms with Crippen molar-refractivity contribution in [1.29, 1.82) is 0 Å². The Hall–Kier alpha value is -0.770. The highest BCUT2D eigenvalue weighted by Crippen LogP contribution is 1.99. The predicted octanol–water partition coefficient (Wildman–Crippen LogP) is 0.0112. The summed E-state index contributed by atoms with van der Waals surface area (Å²) in [6, 6.07) is 0.0967. The fraction of sp³-hybridized carbons (Fsp3) is 0.875. The Morgan fingerprint density at radius 3 is 3.00 bits per heavy atom. The third kappa shape index (κ3) is 2.70. The lowest BCUT2D eigenvalue weighted by Crippen LogP contribution is -2.29. The van der Waals surface area contributed by atoms with E-state index in [1.54, 1.807) is 0 Å². The summed E-state index contributed by atoms with van der Waals surface area (Å²) in [4.78, 5) is 12.9. The molecule has 1 aliphatic rings. The second kappa shape index (κ2) is 4.98. The van der Waals surface area contributed by atoms with E-state index >= 15 is 0 Å². The van der Waals surface area contributed by atoms with E-state index in [-0.39, 0.29) is 6.03 Å². The number of carbonyl (C=O) groups excluding carboxylic acids is 1. The van der Waals surface area contributed by atoms with E-state index in [0.29, 0.717) is 0 Å². The highest BCUT2D eigenvalue weighted by Gasteiger charge is 2.17. The van der Waals surface area contributed by atoms with Gasteiger partial charge in [-0.15, -0.1) is 0 Å². The first-order valence-electron chi connectivity index (χ1n) is 4.52. The topological polar surface area (TPSA) is 44.4 Å². The summed E-state index contributed by atoms with van der Waals surface area (Å²) >= 11 is 0. The number of nitrogens with one attached hydrogen (secondary N) is 2. The normalized spacial score (nSPS) is 16.8. The van der Waals surface area contributed by atoms with Crippen molar-refractivity contribution in [2.45, 2.75) is 12.8 Å². The minimum Gasteiger partial charge on any atom is -0.336 e. The van der Waals surface area contributed by atoms with Crippen LogP contribution in [0.3, 0.4) is 0 Å². The number of urea groups is 1. The third-order valence-corrected chi connectivity index (χ3v) is 2.05. The summed E-state index contributed by atoms with van der Waals surface area (Å²) in [5.74, 6) is 0. The predicted molar refractivity (Wildman–Crippen MR) is 48.1 cm³/mol. The second-order valence-electron chi connectivity index (χ2n) is 3.03. The van der Waals surface area contributed by atoms with Crippen LogP contribution in [0.25, 0.3) is 0 Å². The molecule has 0 atom stereocenters. The Balaban J connectivity index is 2.02. The van der Waals surface area contributed by atoms with E-state index in [0.717, 1.165) is 39.0 Å². The quantitative estimate of drug-likeness (QED) is 0.572. The van der Waals surface area contributed by atoms with Gasteiger partial charge in [0.15, 0.2) is 0 Å². The van der Waals surface area contributed by atoms with Crippen molar-refractivity contribution in [3.8, 4) is 0 Å². The number of hydrogen-bond donors (Lipinski definition) is 2. The molecule has 70 valence electrons. The molecule has 0 aromatic heterocycles. The first-order valence-corrected chi connectivity index (χ1v) is 4.52. The average molecular weight is 171 g/mol. The summed E-state index contributed by atoms with van der Waals surface area (Å²) < 4.78 is 0. The van der Waals surface area contributed by atoms with E-state index < -0.39 is 0 Å². The number of amides is 2. The van der Waals surface area contributed by atoms with Crippen LogP contribution in [0.5, 0.6) is 0 Å². The zero-order valence-electron chi connectivity index (χ0n) is 7.60. The standard InChI is InChI=1S/C8H17N3O/c1-9-4-2-3-6-11-7-5-10-8(11)12/h9H,2-7H2,1H3,(H,10,12). The lowest BCUT2D eigenvalue weighted by molar-refractivity contribution is 0.216. The summed E-state index contributed by atoms with van der Waals surface area (Å²) in [6.45, 7) is 3.62. The van der Waals surface area contributed by atoms with E-state index in [2.05, 4.69) is 10.6 Å². The van der Waals surface area contributed by atoms with Gasteiger partial charge in [0, 0.05) is 19.6 Å². The molecule has 0 unspecified atom stereocenters. The molecule has 2 N–H and O–H groups in total. The average Bonchev–Trinajstić information content (AvgIpc) is 2.46. The summed E-state index contributed by atoms with van der Waals surface area (Å²) in [5, 5.41) is 5.87. The lowest BCUT2D eigenvalue weighted by atomic mass is 10.3. The molecule has 1 heterocycles. The van der Waals surface area contributed by atoms with E-state index in [9.17, 15) is 4.79 Å². The molecule has 0 spiro atoms. The van der Waals surface area contributed by atoms with Gasteiger partial charge < -0.3 is 15.5 Å². The number of carbonyl (C=O) groups is 1. The maximum absolute atomic E-state index is 11.0. The maximum Gasteiger partial charge on any atom is 0.317 e. The molecule has 12 heavy (non-hydrogen) atoms. The molecule has 0 radical (unpaired) electrons. The Kier molecular flexibility index (Phi) is 3.87. The van der Waals surface area contributed by atoms with Gasteiger partial charge in [-0.3, -0.25) is 0 Å². The second-order valence-corrected chi connectivity index (χ2v) is 3.03. The molecular weight excluding hydrogens is 154 g/mol. The summed E-state index contributed by atoms with van der Waals surface area (Å²) in [5.41, 5.74) is 0. The van der Waals surface area contributed by atoms with Crippen molar-refractivity contribution in [3.05, 3.63) is 0 Å². The van der Waals surface area contributed by atoms with Gasteiger partial charge in [0.2, 0.25) is 0 Å². The van der Waals surface area contributed by atoms with Crippen molar-refractivity contribution < 1.29 is 4.79 Å². The highest BCUT2D eigenvalue weighted by atomic mass is 16.2. The van der Waals surface area contributed by atoms with Gasteiger partial charge in [-0.2, -0.15) is 0 Å². The minimum atomic E-state index is 0.0967. The smallest absolute Gasteiger partial charge is 0.317 e. The third-order valence-electron chi connectivity index (χ3n) is 2.05. The zero-order valence-corrected chi connectivity index (χ0v) is 7.60. The molecule has 0 aromatic carbocycles. The van der Waals surface area contributed by atoms with E-state index in [1.165, 1.54) is 0 Å². The Bertz CT molecular complexity index is 149. The van der Waals surface area contributed by atoms with Gasteiger partial charge in [-0.05, 0) is 26.4 Å². The van der Waals surface area contributed by atoms with E-state index in [1.807, 2.05) is 11.9 Å². The molecule has 1 saturated heterocycles. The van der Waals surface area contributed by atoms with Gasteiger partial charge in [-0.25, -0.2) is 4.79 Å². The molecule has 1 rings (SSSR count). The van der Waals surface area contributed by atoms with Gasteiger partial charge in [0.25, 0.3) is 0 Å². The summed E-state index contributed by atoms with van der Waals surface area (Å²) in [6.07, 6.45) is 2.23. The van der Waals surface area contributed by atoms with Crippen molar-refractivity contribution in [2.24, 2.45) is 0 Å². The SMILES string of the molecule is CNCCCCN1CCNC1=O. The Labute approximate surface area is 73.3 Å². The van der Waals surface area contributed by atoms with Crippen LogP contribution in [0.4, 0.5) is 4.79 Å². The fourth-order valence-electron chi connectivity index (χ4n) is 1.33. The van der Waals surface area contributed by atoms with Crippen LogP contribution in [0, 0.1) is 0 Å². The highest BCUT2D eigenvalue weighted by molar-refractivity contribution is 5.76. The number of rotatable bonds is 5. The maximum atomic E-state index is 11.0. The van der Waals surface area contributed by atoms with Crippen LogP contribution in [0.2, 0.25) is 0 Å².